The van der Waals surface area contributed by atoms with Crippen molar-refractivity contribution in [2.24, 2.45) is 0 Å². The minimum absolute atomic E-state index is 0.216. The van der Waals surface area contributed by atoms with Gasteiger partial charge in [0.25, 0.3) is 10.0 Å². The van der Waals surface area contributed by atoms with E-state index in [-0.39, 0.29) is 10.1 Å². The third kappa shape index (κ3) is 4.85. The van der Waals surface area contributed by atoms with Gasteiger partial charge >= 0.3 is 0 Å². The molecule has 0 N–H and O–H groups in total. The highest BCUT2D eigenvalue weighted by atomic mass is 35.5. The first-order chi connectivity index (χ1) is 15.3. The molecule has 1 saturated heterocycles. The highest BCUT2D eigenvalue weighted by Gasteiger charge is 2.42. The molecule has 1 atom stereocenters. The van der Waals surface area contributed by atoms with Crippen molar-refractivity contribution in [1.29, 1.82) is 0 Å². The largest absolute Gasteiger partial charge is 0.309 e. The van der Waals surface area contributed by atoms with Crippen molar-refractivity contribution in [1.82, 2.24) is 14.2 Å². The first-order valence-corrected chi connectivity index (χ1v) is 13.9. The Hall–Kier alpha value is -1.56. The maximum Gasteiger partial charge on any atom is 0.253 e. The lowest BCUT2D eigenvalue weighted by Gasteiger charge is -2.28. The molecule has 11 heteroatoms. The van der Waals surface area contributed by atoms with Crippen LogP contribution in [-0.4, -0.2) is 68.3 Å². The van der Waals surface area contributed by atoms with Crippen molar-refractivity contribution in [3.8, 4) is 0 Å². The highest BCUT2D eigenvalue weighted by Crippen LogP contribution is 2.34. The van der Waals surface area contributed by atoms with Gasteiger partial charge in [-0.25, -0.2) is 13.4 Å². The molecule has 0 spiro atoms. The molecular weight excluding hydrogens is 488 g/mol. The second-order valence-corrected chi connectivity index (χ2v) is 12.5. The van der Waals surface area contributed by atoms with Crippen molar-refractivity contribution < 1.29 is 13.2 Å². The number of anilines is 1. The second-order valence-electron chi connectivity index (χ2n) is 7.96. The van der Waals surface area contributed by atoms with Crippen LogP contribution in [0.15, 0.2) is 39.9 Å². The monoisotopic (exact) mass is 512 g/mol. The number of nitrogens with zero attached hydrogens (tertiary/aromatic N) is 4. The van der Waals surface area contributed by atoms with E-state index >= 15 is 0 Å². The lowest BCUT2D eigenvalue weighted by Crippen LogP contribution is -2.48. The maximum absolute atomic E-state index is 13.7. The predicted molar refractivity (Wildman–Crippen MR) is 131 cm³/mol. The van der Waals surface area contributed by atoms with Crippen LogP contribution in [0.4, 0.5) is 5.13 Å². The molecule has 1 aromatic carbocycles. The summed E-state index contributed by atoms with van der Waals surface area (Å²) in [4.78, 5) is 22.1. The van der Waals surface area contributed by atoms with Crippen molar-refractivity contribution in [3.63, 3.8) is 0 Å². The molecule has 1 amide bonds. The van der Waals surface area contributed by atoms with Gasteiger partial charge in [-0.05, 0) is 69.5 Å². The lowest BCUT2D eigenvalue weighted by molar-refractivity contribution is -0.121. The van der Waals surface area contributed by atoms with Gasteiger partial charge in [0.2, 0.25) is 5.91 Å². The van der Waals surface area contributed by atoms with Crippen LogP contribution in [0.1, 0.15) is 19.3 Å². The Kier molecular flexibility index (Phi) is 7.18. The zero-order chi connectivity index (χ0) is 22.9. The molecule has 3 heterocycles. The summed E-state index contributed by atoms with van der Waals surface area (Å²) in [6, 6.07) is 8.03. The number of halogens is 1. The first-order valence-electron chi connectivity index (χ1n) is 10.3. The van der Waals surface area contributed by atoms with E-state index in [1.54, 1.807) is 28.5 Å². The molecule has 2 aromatic heterocycles. The summed E-state index contributed by atoms with van der Waals surface area (Å²) in [7, 11) is 0.261. The van der Waals surface area contributed by atoms with Crippen LogP contribution in [-0.2, 0) is 14.8 Å². The third-order valence-corrected chi connectivity index (χ3v) is 9.93. The summed E-state index contributed by atoms with van der Waals surface area (Å²) in [6.45, 7) is 1.62. The minimum atomic E-state index is -3.71. The molecule has 172 valence electrons. The third-order valence-electron chi connectivity index (χ3n) is 5.37. The summed E-state index contributed by atoms with van der Waals surface area (Å²) in [6.07, 6.45) is 1.91. The molecule has 3 aromatic rings. The Labute approximate surface area is 201 Å². The maximum atomic E-state index is 13.7. The van der Waals surface area contributed by atoms with Crippen LogP contribution < -0.4 is 4.90 Å². The SMILES string of the molecule is CN(C)CCCN(C(=O)C1CCCN1S(=O)(=O)c1cccs1)c1nc2ccc(Cl)cc2s1. The number of hydrogen-bond donors (Lipinski definition) is 0. The quantitative estimate of drug-likeness (QED) is 0.453. The van der Waals surface area contributed by atoms with Crippen molar-refractivity contribution >= 4 is 65.6 Å². The van der Waals surface area contributed by atoms with Gasteiger partial charge in [0.1, 0.15) is 10.3 Å². The summed E-state index contributed by atoms with van der Waals surface area (Å²) >= 11 is 8.71. The number of carbonyl (C=O) groups is 1. The van der Waals surface area contributed by atoms with Gasteiger partial charge in [0, 0.05) is 18.1 Å². The molecule has 7 nitrogen and oxygen atoms in total. The fourth-order valence-electron chi connectivity index (χ4n) is 3.83. The number of thiazole rings is 1. The van der Waals surface area contributed by atoms with Gasteiger partial charge in [-0.3, -0.25) is 9.69 Å². The van der Waals surface area contributed by atoms with Gasteiger partial charge < -0.3 is 4.90 Å². The molecule has 1 unspecified atom stereocenters. The molecule has 0 saturated carbocycles. The number of rotatable bonds is 8. The Morgan fingerprint density at radius 3 is 2.81 bits per heavy atom. The Bertz CT molecular complexity index is 1190. The van der Waals surface area contributed by atoms with E-state index in [1.807, 2.05) is 26.2 Å². The van der Waals surface area contributed by atoms with Crippen molar-refractivity contribution in [2.45, 2.75) is 29.5 Å². The molecule has 0 aliphatic carbocycles. The van der Waals surface area contributed by atoms with Crippen LogP contribution in [0.3, 0.4) is 0 Å². The predicted octanol–water partition coefficient (Wildman–Crippen LogP) is 4.15. The van der Waals surface area contributed by atoms with Crippen LogP contribution in [0.25, 0.3) is 10.2 Å². The summed E-state index contributed by atoms with van der Waals surface area (Å²) in [5.41, 5.74) is 0.772. The number of benzene rings is 1. The number of aromatic nitrogens is 1. The van der Waals surface area contributed by atoms with E-state index in [2.05, 4.69) is 9.88 Å². The number of amides is 1. The number of sulfonamides is 1. The van der Waals surface area contributed by atoms with Crippen LogP contribution in [0.5, 0.6) is 0 Å². The van der Waals surface area contributed by atoms with Crippen molar-refractivity contribution in [3.05, 3.63) is 40.7 Å². The summed E-state index contributed by atoms with van der Waals surface area (Å²) < 4.78 is 28.9. The number of carbonyl (C=O) groups excluding carboxylic acids is 1. The molecule has 0 bridgehead atoms. The highest BCUT2D eigenvalue weighted by molar-refractivity contribution is 7.91. The topological polar surface area (TPSA) is 73.8 Å². The standard InChI is InChI=1S/C21H25ClN4O3S3/c1-24(2)10-5-11-25(21-23-16-9-8-15(22)14-18(16)31-21)20(27)17-6-3-12-26(17)32(28,29)19-7-4-13-30-19/h4,7-9,13-14,17H,3,5-6,10-12H2,1-2H3. The van der Waals surface area contributed by atoms with Gasteiger partial charge in [0.05, 0.1) is 10.2 Å². The Morgan fingerprint density at radius 1 is 1.28 bits per heavy atom. The molecule has 1 aliphatic rings. The number of fused-ring (bicyclic) bond motifs is 1. The zero-order valence-electron chi connectivity index (χ0n) is 17.9. The lowest BCUT2D eigenvalue weighted by atomic mass is 10.2. The van der Waals surface area contributed by atoms with E-state index in [0.29, 0.717) is 36.1 Å². The molecule has 1 fully saturated rings. The second kappa shape index (κ2) is 9.74. The molecule has 32 heavy (non-hydrogen) atoms. The summed E-state index contributed by atoms with van der Waals surface area (Å²) in [5, 5.41) is 2.92. The average molecular weight is 513 g/mol. The average Bonchev–Trinajstić information content (AvgIpc) is 3.50. The number of hydrogen-bond acceptors (Lipinski definition) is 7. The van der Waals surface area contributed by atoms with Crippen molar-refractivity contribution in [2.75, 3.05) is 38.6 Å². The van der Waals surface area contributed by atoms with E-state index in [4.69, 9.17) is 11.6 Å². The Morgan fingerprint density at radius 2 is 2.09 bits per heavy atom. The van der Waals surface area contributed by atoms with Crippen LogP contribution in [0, 0.1) is 0 Å². The fourth-order valence-corrected chi connectivity index (χ4v) is 7.87. The number of thiophene rings is 1. The molecule has 1 aliphatic heterocycles. The first kappa shape index (κ1) is 23.6. The zero-order valence-corrected chi connectivity index (χ0v) is 21.1. The summed E-state index contributed by atoms with van der Waals surface area (Å²) in [5.74, 6) is -0.216. The van der Waals surface area contributed by atoms with E-state index in [9.17, 15) is 13.2 Å². The Balaban J connectivity index is 1.65. The molecule has 4 rings (SSSR count). The molecule has 0 radical (unpaired) electrons. The molecular formula is C21H25ClN4O3S3. The minimum Gasteiger partial charge on any atom is -0.309 e. The smallest absolute Gasteiger partial charge is 0.253 e. The normalized spacial score (nSPS) is 17.4. The van der Waals surface area contributed by atoms with Gasteiger partial charge in [-0.2, -0.15) is 4.31 Å². The van der Waals surface area contributed by atoms with Crippen LogP contribution in [0.2, 0.25) is 5.02 Å². The van der Waals surface area contributed by atoms with Crippen LogP contribution >= 0.6 is 34.3 Å². The van der Waals surface area contributed by atoms with Gasteiger partial charge in [-0.1, -0.05) is 29.0 Å². The van der Waals surface area contributed by atoms with E-state index in [1.165, 1.54) is 27.0 Å². The van der Waals surface area contributed by atoms with E-state index in [0.717, 1.165) is 23.2 Å². The van der Waals surface area contributed by atoms with Gasteiger partial charge in [0.15, 0.2) is 5.13 Å². The van der Waals surface area contributed by atoms with Gasteiger partial charge in [-0.15, -0.1) is 11.3 Å². The van der Waals surface area contributed by atoms with E-state index < -0.39 is 16.1 Å². The fraction of sp³-hybridized carbons (Fsp3) is 0.429.